The van der Waals surface area contributed by atoms with Crippen LogP contribution in [-0.4, -0.2) is 61.2 Å². The minimum absolute atomic E-state index is 0.154. The number of nitrogens with zero attached hydrogens (tertiary/aromatic N) is 1. The number of likely N-dealkylation sites (N-methyl/N-ethyl adjacent to an activating group) is 1. The van der Waals surface area contributed by atoms with Crippen LogP contribution in [0.15, 0.2) is 23.0 Å². The van der Waals surface area contributed by atoms with Gasteiger partial charge in [-0.05, 0) is 27.1 Å². The van der Waals surface area contributed by atoms with Crippen LogP contribution in [0.4, 0.5) is 0 Å². The molecule has 1 atom stereocenters. The van der Waals surface area contributed by atoms with Crippen molar-refractivity contribution in [2.75, 3.05) is 33.7 Å². The molecule has 0 saturated heterocycles. The molecule has 0 fully saturated rings. The Morgan fingerprint density at radius 1 is 1.38 bits per heavy atom. The van der Waals surface area contributed by atoms with E-state index < -0.39 is 5.60 Å². The number of amides is 2. The molecule has 0 aliphatic heterocycles. The monoisotopic (exact) mass is 297 g/mol. The fourth-order valence-corrected chi connectivity index (χ4v) is 1.90. The van der Waals surface area contributed by atoms with Crippen LogP contribution >= 0.6 is 0 Å². The average molecular weight is 297 g/mol. The van der Waals surface area contributed by atoms with E-state index in [0.29, 0.717) is 12.1 Å². The zero-order valence-corrected chi connectivity index (χ0v) is 12.7. The summed E-state index contributed by atoms with van der Waals surface area (Å²) >= 11 is 0. The predicted molar refractivity (Wildman–Crippen MR) is 77.8 cm³/mol. The Kier molecular flexibility index (Phi) is 6.39. The Balaban J connectivity index is 2.21. The van der Waals surface area contributed by atoms with Gasteiger partial charge in [0.2, 0.25) is 5.91 Å². The topological polar surface area (TPSA) is 94.8 Å². The number of nitrogens with one attached hydrogen (secondary N) is 2. The molecule has 1 unspecified atom stereocenters. The predicted octanol–water partition coefficient (Wildman–Crippen LogP) is -0.172. The van der Waals surface area contributed by atoms with Gasteiger partial charge in [-0.25, -0.2) is 0 Å². The molecular formula is C14H23N3O4. The van der Waals surface area contributed by atoms with E-state index in [9.17, 15) is 14.7 Å². The number of aliphatic hydroxyl groups is 1. The zero-order chi connectivity index (χ0) is 15.9. The summed E-state index contributed by atoms with van der Waals surface area (Å²) in [6, 6.07) is 1.55. The highest BCUT2D eigenvalue weighted by Gasteiger charge is 2.21. The smallest absolute Gasteiger partial charge is 0.254 e. The van der Waals surface area contributed by atoms with E-state index in [-0.39, 0.29) is 31.3 Å². The molecule has 0 radical (unpaired) electrons. The normalized spacial score (nSPS) is 13.8. The van der Waals surface area contributed by atoms with Crippen molar-refractivity contribution < 1.29 is 19.1 Å². The number of carbonyl (C=O) groups excluding carboxylic acids is 2. The standard InChI is InChI=1S/C14H23N3O4/c1-14(20,10-17(2)3)9-16-12(18)4-6-15-13(19)11-5-7-21-8-11/h5,7-8,20H,4,6,9-10H2,1-3H3,(H,15,19)(H,16,18). The zero-order valence-electron chi connectivity index (χ0n) is 12.7. The van der Waals surface area contributed by atoms with Crippen LogP contribution in [0.5, 0.6) is 0 Å². The Bertz CT molecular complexity index is 455. The first kappa shape index (κ1) is 17.2. The van der Waals surface area contributed by atoms with Gasteiger partial charge in [-0.2, -0.15) is 0 Å². The van der Waals surface area contributed by atoms with Crippen molar-refractivity contribution in [2.24, 2.45) is 0 Å². The van der Waals surface area contributed by atoms with Crippen molar-refractivity contribution in [1.29, 1.82) is 0 Å². The first-order chi connectivity index (χ1) is 9.80. The molecule has 1 aromatic heterocycles. The summed E-state index contributed by atoms with van der Waals surface area (Å²) in [4.78, 5) is 25.1. The van der Waals surface area contributed by atoms with E-state index in [1.807, 2.05) is 19.0 Å². The van der Waals surface area contributed by atoms with E-state index >= 15 is 0 Å². The maximum Gasteiger partial charge on any atom is 0.254 e. The lowest BCUT2D eigenvalue weighted by Crippen LogP contribution is -2.47. The van der Waals surface area contributed by atoms with E-state index in [4.69, 9.17) is 4.42 Å². The van der Waals surface area contributed by atoms with Gasteiger partial charge in [-0.3, -0.25) is 9.59 Å². The van der Waals surface area contributed by atoms with Gasteiger partial charge in [0.1, 0.15) is 6.26 Å². The minimum Gasteiger partial charge on any atom is -0.472 e. The Morgan fingerprint density at radius 2 is 2.10 bits per heavy atom. The molecule has 1 rings (SSSR count). The first-order valence-corrected chi connectivity index (χ1v) is 6.74. The second-order valence-corrected chi connectivity index (χ2v) is 5.53. The van der Waals surface area contributed by atoms with Crippen LogP contribution in [0.25, 0.3) is 0 Å². The van der Waals surface area contributed by atoms with Crippen molar-refractivity contribution in [3.8, 4) is 0 Å². The van der Waals surface area contributed by atoms with Crippen molar-refractivity contribution in [1.82, 2.24) is 15.5 Å². The fraction of sp³-hybridized carbons (Fsp3) is 0.571. The molecule has 7 heteroatoms. The lowest BCUT2D eigenvalue weighted by atomic mass is 10.1. The number of furan rings is 1. The summed E-state index contributed by atoms with van der Waals surface area (Å²) in [7, 11) is 3.70. The molecule has 0 aliphatic carbocycles. The molecule has 0 saturated carbocycles. The van der Waals surface area contributed by atoms with Crippen LogP contribution in [0, 0.1) is 0 Å². The Morgan fingerprint density at radius 3 is 2.67 bits per heavy atom. The SMILES string of the molecule is CN(C)CC(C)(O)CNC(=O)CCNC(=O)c1ccoc1. The Labute approximate surface area is 124 Å². The molecule has 2 amide bonds. The highest BCUT2D eigenvalue weighted by Crippen LogP contribution is 2.02. The molecule has 0 spiro atoms. The fourth-order valence-electron chi connectivity index (χ4n) is 1.90. The third-order valence-corrected chi connectivity index (χ3v) is 2.74. The van der Waals surface area contributed by atoms with Crippen molar-refractivity contribution >= 4 is 11.8 Å². The molecule has 0 aromatic carbocycles. The summed E-state index contributed by atoms with van der Waals surface area (Å²) in [5, 5.41) is 15.3. The quantitative estimate of drug-likeness (QED) is 0.619. The van der Waals surface area contributed by atoms with Crippen LogP contribution in [0.2, 0.25) is 0 Å². The molecule has 1 aromatic rings. The third kappa shape index (κ3) is 6.92. The van der Waals surface area contributed by atoms with E-state index in [1.54, 1.807) is 13.0 Å². The maximum atomic E-state index is 11.6. The Hall–Kier alpha value is -1.86. The van der Waals surface area contributed by atoms with Crippen LogP contribution in [-0.2, 0) is 4.79 Å². The molecule has 1 heterocycles. The molecular weight excluding hydrogens is 274 g/mol. The highest BCUT2D eigenvalue weighted by molar-refractivity contribution is 5.93. The second-order valence-electron chi connectivity index (χ2n) is 5.53. The van der Waals surface area contributed by atoms with Crippen LogP contribution in [0.3, 0.4) is 0 Å². The van der Waals surface area contributed by atoms with Crippen molar-refractivity contribution in [3.63, 3.8) is 0 Å². The van der Waals surface area contributed by atoms with Gasteiger partial charge in [0, 0.05) is 26.1 Å². The number of hydrogen-bond acceptors (Lipinski definition) is 5. The molecule has 118 valence electrons. The van der Waals surface area contributed by atoms with Crippen molar-refractivity contribution in [3.05, 3.63) is 24.2 Å². The third-order valence-electron chi connectivity index (χ3n) is 2.74. The molecule has 3 N–H and O–H groups in total. The lowest BCUT2D eigenvalue weighted by Gasteiger charge is -2.27. The van der Waals surface area contributed by atoms with Gasteiger partial charge in [-0.15, -0.1) is 0 Å². The molecule has 21 heavy (non-hydrogen) atoms. The summed E-state index contributed by atoms with van der Waals surface area (Å²) in [5.74, 6) is -0.502. The van der Waals surface area contributed by atoms with Gasteiger partial charge in [0.25, 0.3) is 5.91 Å². The van der Waals surface area contributed by atoms with E-state index in [1.165, 1.54) is 12.5 Å². The molecule has 0 aliphatic rings. The maximum absolute atomic E-state index is 11.6. The van der Waals surface area contributed by atoms with Gasteiger partial charge in [0.15, 0.2) is 0 Å². The highest BCUT2D eigenvalue weighted by atomic mass is 16.3. The summed E-state index contributed by atoms with van der Waals surface area (Å²) < 4.78 is 4.80. The minimum atomic E-state index is -0.987. The van der Waals surface area contributed by atoms with Crippen molar-refractivity contribution in [2.45, 2.75) is 18.9 Å². The summed E-state index contributed by atoms with van der Waals surface area (Å²) in [6.45, 7) is 2.50. The van der Waals surface area contributed by atoms with Gasteiger partial charge in [0.05, 0.1) is 17.4 Å². The molecule has 0 bridgehead atoms. The second kappa shape index (κ2) is 7.80. The number of carbonyl (C=O) groups is 2. The first-order valence-electron chi connectivity index (χ1n) is 6.74. The summed E-state index contributed by atoms with van der Waals surface area (Å²) in [6.07, 6.45) is 2.91. The average Bonchev–Trinajstić information content (AvgIpc) is 2.88. The van der Waals surface area contributed by atoms with Crippen LogP contribution < -0.4 is 10.6 Å². The van der Waals surface area contributed by atoms with Crippen LogP contribution in [0.1, 0.15) is 23.7 Å². The largest absolute Gasteiger partial charge is 0.472 e. The van der Waals surface area contributed by atoms with Gasteiger partial charge >= 0.3 is 0 Å². The number of rotatable bonds is 8. The lowest BCUT2D eigenvalue weighted by molar-refractivity contribution is -0.122. The summed E-state index contributed by atoms with van der Waals surface area (Å²) in [5.41, 5.74) is -0.566. The van der Waals surface area contributed by atoms with E-state index in [2.05, 4.69) is 10.6 Å². The van der Waals surface area contributed by atoms with Gasteiger partial charge in [-0.1, -0.05) is 0 Å². The number of hydrogen-bond donors (Lipinski definition) is 3. The molecule has 7 nitrogen and oxygen atoms in total. The van der Waals surface area contributed by atoms with Gasteiger partial charge < -0.3 is 25.1 Å². The van der Waals surface area contributed by atoms with E-state index in [0.717, 1.165) is 0 Å².